The fourth-order valence-electron chi connectivity index (χ4n) is 1.59. The lowest BCUT2D eigenvalue weighted by Crippen LogP contribution is -2.00. The molecule has 0 aromatic heterocycles. The van der Waals surface area contributed by atoms with Gasteiger partial charge >= 0.3 is 0 Å². The van der Waals surface area contributed by atoms with Gasteiger partial charge in [-0.25, -0.2) is 0 Å². The lowest BCUT2D eigenvalue weighted by atomic mass is 10.0. The average Bonchev–Trinajstić information content (AvgIpc) is 2.23. The Morgan fingerprint density at radius 2 is 2.00 bits per heavy atom. The van der Waals surface area contributed by atoms with E-state index in [2.05, 4.69) is 0 Å². The molecule has 0 spiro atoms. The minimum Gasteiger partial charge on any atom is -0.493 e. The molecule has 0 saturated heterocycles. The van der Waals surface area contributed by atoms with E-state index in [0.717, 1.165) is 11.1 Å². The van der Waals surface area contributed by atoms with E-state index < -0.39 is 0 Å². The summed E-state index contributed by atoms with van der Waals surface area (Å²) in [4.78, 5) is 0. The molecule has 84 valence electrons. The van der Waals surface area contributed by atoms with Gasteiger partial charge in [-0.3, -0.25) is 0 Å². The molecule has 3 nitrogen and oxygen atoms in total. The van der Waals surface area contributed by atoms with Crippen LogP contribution in [0.3, 0.4) is 0 Å². The van der Waals surface area contributed by atoms with Crippen molar-refractivity contribution in [3.05, 3.63) is 22.2 Å². The summed E-state index contributed by atoms with van der Waals surface area (Å²) in [6.07, 6.45) is 0.519. The maximum Gasteiger partial charge on any atom is 0.163 e. The van der Waals surface area contributed by atoms with E-state index in [9.17, 15) is 0 Å². The summed E-state index contributed by atoms with van der Waals surface area (Å²) in [6, 6.07) is 1.71. The van der Waals surface area contributed by atoms with Gasteiger partial charge in [0.05, 0.1) is 14.2 Å². The zero-order chi connectivity index (χ0) is 11.4. The van der Waals surface area contributed by atoms with Crippen LogP contribution in [0.25, 0.3) is 0 Å². The summed E-state index contributed by atoms with van der Waals surface area (Å²) < 4.78 is 10.4. The highest BCUT2D eigenvalue weighted by molar-refractivity contribution is 6.31. The lowest BCUT2D eigenvalue weighted by Gasteiger charge is -2.15. The topological polar surface area (TPSA) is 38.7 Å². The molecule has 1 aromatic rings. The SMILES string of the molecule is COc1cc(Cl)c(CCO)c(C)c1OC. The predicted octanol–water partition coefficient (Wildman–Crippen LogP) is 2.20. The minimum absolute atomic E-state index is 0.0655. The van der Waals surface area contributed by atoms with Gasteiger partial charge in [0.2, 0.25) is 0 Å². The fraction of sp³-hybridized carbons (Fsp3) is 0.455. The molecule has 0 atom stereocenters. The van der Waals surface area contributed by atoms with Crippen LogP contribution in [-0.4, -0.2) is 25.9 Å². The van der Waals surface area contributed by atoms with Gasteiger partial charge in [0, 0.05) is 17.7 Å². The Labute approximate surface area is 94.6 Å². The van der Waals surface area contributed by atoms with E-state index in [0.29, 0.717) is 22.9 Å². The van der Waals surface area contributed by atoms with Crippen molar-refractivity contribution in [3.63, 3.8) is 0 Å². The van der Waals surface area contributed by atoms with Crippen molar-refractivity contribution in [2.75, 3.05) is 20.8 Å². The molecule has 0 aliphatic rings. The highest BCUT2D eigenvalue weighted by Gasteiger charge is 2.14. The number of ether oxygens (including phenoxy) is 2. The number of rotatable bonds is 4. The largest absolute Gasteiger partial charge is 0.493 e. The first kappa shape index (κ1) is 12.1. The molecule has 1 N–H and O–H groups in total. The number of aliphatic hydroxyl groups is 1. The second-order valence-corrected chi connectivity index (χ2v) is 3.58. The van der Waals surface area contributed by atoms with Crippen molar-refractivity contribution in [1.29, 1.82) is 0 Å². The van der Waals surface area contributed by atoms with Crippen LogP contribution in [0.15, 0.2) is 6.07 Å². The van der Waals surface area contributed by atoms with Gasteiger partial charge < -0.3 is 14.6 Å². The molecule has 15 heavy (non-hydrogen) atoms. The molecule has 1 aromatic carbocycles. The van der Waals surface area contributed by atoms with Crippen molar-refractivity contribution in [2.24, 2.45) is 0 Å². The zero-order valence-electron chi connectivity index (χ0n) is 9.13. The minimum atomic E-state index is 0.0655. The van der Waals surface area contributed by atoms with Gasteiger partial charge in [-0.2, -0.15) is 0 Å². The third kappa shape index (κ3) is 2.36. The molecule has 0 aliphatic heterocycles. The molecule has 0 unspecified atom stereocenters. The summed E-state index contributed by atoms with van der Waals surface area (Å²) in [7, 11) is 3.15. The standard InChI is InChI=1S/C11H15ClO3/c1-7-8(4-5-13)9(12)6-10(14-2)11(7)15-3/h6,13H,4-5H2,1-3H3. The number of hydrogen-bond donors (Lipinski definition) is 1. The predicted molar refractivity (Wildman–Crippen MR) is 60.1 cm³/mol. The summed E-state index contributed by atoms with van der Waals surface area (Å²) in [5.41, 5.74) is 1.81. The Morgan fingerprint density at radius 3 is 2.47 bits per heavy atom. The van der Waals surface area contributed by atoms with Crippen LogP contribution in [0.5, 0.6) is 11.5 Å². The summed E-state index contributed by atoms with van der Waals surface area (Å²) >= 11 is 6.07. The molecular formula is C11H15ClO3. The number of halogens is 1. The normalized spacial score (nSPS) is 10.2. The number of aliphatic hydroxyl groups excluding tert-OH is 1. The third-order valence-corrected chi connectivity index (χ3v) is 2.69. The van der Waals surface area contributed by atoms with Crippen molar-refractivity contribution < 1.29 is 14.6 Å². The monoisotopic (exact) mass is 230 g/mol. The maximum atomic E-state index is 8.93. The highest BCUT2D eigenvalue weighted by Crippen LogP contribution is 2.37. The molecule has 1 rings (SSSR count). The van der Waals surface area contributed by atoms with Crippen LogP contribution in [-0.2, 0) is 6.42 Å². The van der Waals surface area contributed by atoms with Crippen molar-refractivity contribution in [2.45, 2.75) is 13.3 Å². The van der Waals surface area contributed by atoms with Gasteiger partial charge in [-0.1, -0.05) is 11.6 Å². The Bertz CT molecular complexity index is 350. The van der Waals surface area contributed by atoms with Crippen molar-refractivity contribution in [1.82, 2.24) is 0 Å². The Balaban J connectivity index is 3.31. The van der Waals surface area contributed by atoms with Gasteiger partial charge in [-0.05, 0) is 24.5 Å². The molecule has 0 saturated carbocycles. The van der Waals surface area contributed by atoms with Crippen LogP contribution in [0.4, 0.5) is 0 Å². The van der Waals surface area contributed by atoms with Gasteiger partial charge in [0.1, 0.15) is 0 Å². The number of hydrogen-bond acceptors (Lipinski definition) is 3. The van der Waals surface area contributed by atoms with Gasteiger partial charge in [0.15, 0.2) is 11.5 Å². The van der Waals surface area contributed by atoms with Crippen molar-refractivity contribution in [3.8, 4) is 11.5 Å². The first-order valence-corrected chi connectivity index (χ1v) is 5.04. The summed E-state index contributed by atoms with van der Waals surface area (Å²) in [6.45, 7) is 1.97. The Kier molecular flexibility index (Phi) is 4.24. The maximum absolute atomic E-state index is 8.93. The molecule has 0 aliphatic carbocycles. The van der Waals surface area contributed by atoms with E-state index in [-0.39, 0.29) is 6.61 Å². The fourth-order valence-corrected chi connectivity index (χ4v) is 1.93. The van der Waals surface area contributed by atoms with E-state index >= 15 is 0 Å². The van der Waals surface area contributed by atoms with Crippen LogP contribution >= 0.6 is 11.6 Å². The second-order valence-electron chi connectivity index (χ2n) is 3.17. The third-order valence-electron chi connectivity index (χ3n) is 2.35. The molecule has 0 radical (unpaired) electrons. The molecular weight excluding hydrogens is 216 g/mol. The smallest absolute Gasteiger partial charge is 0.163 e. The molecule has 0 amide bonds. The van der Waals surface area contributed by atoms with Gasteiger partial charge in [-0.15, -0.1) is 0 Å². The van der Waals surface area contributed by atoms with Crippen molar-refractivity contribution >= 4 is 11.6 Å². The summed E-state index contributed by atoms with van der Waals surface area (Å²) in [5.74, 6) is 1.28. The quantitative estimate of drug-likeness (QED) is 0.862. The first-order chi connectivity index (χ1) is 7.15. The zero-order valence-corrected chi connectivity index (χ0v) is 9.89. The molecule has 4 heteroatoms. The van der Waals surface area contributed by atoms with E-state index in [1.165, 1.54) is 0 Å². The number of benzene rings is 1. The van der Waals surface area contributed by atoms with Crippen LogP contribution < -0.4 is 9.47 Å². The molecule has 0 bridgehead atoms. The highest BCUT2D eigenvalue weighted by atomic mass is 35.5. The second kappa shape index (κ2) is 5.24. The summed E-state index contributed by atoms with van der Waals surface area (Å²) in [5, 5.41) is 9.52. The van der Waals surface area contributed by atoms with Crippen LogP contribution in [0.1, 0.15) is 11.1 Å². The average molecular weight is 231 g/mol. The Morgan fingerprint density at radius 1 is 1.33 bits per heavy atom. The van der Waals surface area contributed by atoms with Crippen LogP contribution in [0, 0.1) is 6.92 Å². The van der Waals surface area contributed by atoms with Crippen LogP contribution in [0.2, 0.25) is 5.02 Å². The first-order valence-electron chi connectivity index (χ1n) is 4.66. The van der Waals surface area contributed by atoms with E-state index in [1.807, 2.05) is 6.92 Å². The molecule has 0 fully saturated rings. The molecule has 0 heterocycles. The van der Waals surface area contributed by atoms with E-state index in [4.69, 9.17) is 26.2 Å². The van der Waals surface area contributed by atoms with E-state index in [1.54, 1.807) is 20.3 Å². The van der Waals surface area contributed by atoms with Gasteiger partial charge in [0.25, 0.3) is 0 Å². The lowest BCUT2D eigenvalue weighted by molar-refractivity contribution is 0.298. The number of methoxy groups -OCH3 is 2. The Hall–Kier alpha value is -0.930.